The van der Waals surface area contributed by atoms with Gasteiger partial charge >= 0.3 is 5.97 Å². The molecule has 0 bridgehead atoms. The molecule has 4 rings (SSSR count). The van der Waals surface area contributed by atoms with Gasteiger partial charge in [0, 0.05) is 16.1 Å². The van der Waals surface area contributed by atoms with Gasteiger partial charge in [0.1, 0.15) is 18.3 Å². The number of halogens is 1. The number of hydrogen-bond donors (Lipinski definition) is 1. The monoisotopic (exact) mass is 473 g/mol. The first-order valence-electron chi connectivity index (χ1n) is 9.72. The molecule has 160 valence electrons. The van der Waals surface area contributed by atoms with Gasteiger partial charge in [0.2, 0.25) is 0 Å². The maximum atomic E-state index is 12.2. The van der Waals surface area contributed by atoms with E-state index in [1.54, 1.807) is 18.0 Å². The van der Waals surface area contributed by atoms with Crippen molar-refractivity contribution in [2.75, 3.05) is 13.2 Å². The van der Waals surface area contributed by atoms with Crippen molar-refractivity contribution in [1.29, 1.82) is 0 Å². The molecule has 0 saturated carbocycles. The molecular formula is C22H20ClN3O3S2. The molecule has 3 aromatic rings. The summed E-state index contributed by atoms with van der Waals surface area (Å²) in [6.07, 6.45) is 1.73. The Bertz CT molecular complexity index is 1060. The number of ether oxygens (including phenoxy) is 1. The minimum atomic E-state index is -0.347. The highest BCUT2D eigenvalue weighted by atomic mass is 35.5. The maximum absolute atomic E-state index is 12.2. The van der Waals surface area contributed by atoms with Crippen molar-refractivity contribution >= 4 is 46.7 Å². The summed E-state index contributed by atoms with van der Waals surface area (Å²) in [4.78, 5) is 19.5. The van der Waals surface area contributed by atoms with Crippen LogP contribution in [0.1, 0.15) is 30.5 Å². The van der Waals surface area contributed by atoms with Crippen LogP contribution >= 0.6 is 35.6 Å². The van der Waals surface area contributed by atoms with Crippen LogP contribution in [0.2, 0.25) is 5.02 Å². The number of nitrogens with one attached hydrogen (secondary N) is 1. The maximum Gasteiger partial charge on any atom is 0.325 e. The number of rotatable bonds is 7. The zero-order valence-electron chi connectivity index (χ0n) is 16.7. The van der Waals surface area contributed by atoms with Crippen molar-refractivity contribution < 1.29 is 13.9 Å². The van der Waals surface area contributed by atoms with Crippen molar-refractivity contribution in [2.45, 2.75) is 29.0 Å². The molecule has 1 aromatic carbocycles. The lowest BCUT2D eigenvalue weighted by Gasteiger charge is -2.25. The molecule has 1 fully saturated rings. The number of benzene rings is 1. The van der Waals surface area contributed by atoms with Gasteiger partial charge in [-0.1, -0.05) is 29.4 Å². The molecule has 0 unspecified atom stereocenters. The number of aromatic nitrogens is 1. The van der Waals surface area contributed by atoms with Gasteiger partial charge in [-0.25, -0.2) is 0 Å². The largest absolute Gasteiger partial charge is 0.465 e. The third-order valence-electron chi connectivity index (χ3n) is 4.73. The second-order valence-corrected chi connectivity index (χ2v) is 8.67. The van der Waals surface area contributed by atoms with Crippen LogP contribution in [0.25, 0.3) is 0 Å². The van der Waals surface area contributed by atoms with E-state index in [0.717, 1.165) is 15.7 Å². The fourth-order valence-electron chi connectivity index (χ4n) is 3.40. The highest BCUT2D eigenvalue weighted by Gasteiger charge is 2.42. The van der Waals surface area contributed by atoms with Gasteiger partial charge in [-0.2, -0.15) is 0 Å². The van der Waals surface area contributed by atoms with Crippen molar-refractivity contribution in [3.63, 3.8) is 0 Å². The molecule has 2 atom stereocenters. The molecule has 0 aliphatic carbocycles. The van der Waals surface area contributed by atoms with E-state index in [1.165, 1.54) is 11.8 Å². The molecule has 1 aliphatic rings. The van der Waals surface area contributed by atoms with Gasteiger partial charge in [-0.15, -0.1) is 0 Å². The van der Waals surface area contributed by atoms with Gasteiger partial charge < -0.3 is 19.4 Å². The van der Waals surface area contributed by atoms with Crippen molar-refractivity contribution in [1.82, 2.24) is 15.2 Å². The topological polar surface area (TPSA) is 67.6 Å². The molecule has 1 saturated heterocycles. The highest BCUT2D eigenvalue weighted by molar-refractivity contribution is 7.99. The fourth-order valence-corrected chi connectivity index (χ4v) is 4.61. The number of furan rings is 1. The van der Waals surface area contributed by atoms with Crippen molar-refractivity contribution in [3.05, 3.63) is 77.3 Å². The molecule has 9 heteroatoms. The summed E-state index contributed by atoms with van der Waals surface area (Å²) in [7, 11) is 0. The lowest BCUT2D eigenvalue weighted by atomic mass is 10.0. The minimum absolute atomic E-state index is 0.0219. The summed E-state index contributed by atoms with van der Waals surface area (Å²) in [6.45, 7) is 2.11. The average molecular weight is 474 g/mol. The molecule has 1 N–H and O–H groups in total. The van der Waals surface area contributed by atoms with E-state index >= 15 is 0 Å². The number of pyridine rings is 1. The zero-order chi connectivity index (χ0) is 21.8. The van der Waals surface area contributed by atoms with E-state index in [1.807, 2.05) is 54.6 Å². The van der Waals surface area contributed by atoms with Crippen LogP contribution in [0.3, 0.4) is 0 Å². The molecule has 1 aliphatic heterocycles. The zero-order valence-corrected chi connectivity index (χ0v) is 19.0. The number of esters is 1. The van der Waals surface area contributed by atoms with Crippen LogP contribution in [-0.4, -0.2) is 34.1 Å². The van der Waals surface area contributed by atoms with Crippen LogP contribution < -0.4 is 5.32 Å². The molecule has 0 amide bonds. The summed E-state index contributed by atoms with van der Waals surface area (Å²) in [5.41, 5.74) is 0.810. The van der Waals surface area contributed by atoms with Gasteiger partial charge in [0.25, 0.3) is 0 Å². The van der Waals surface area contributed by atoms with Gasteiger partial charge in [-0.05, 0) is 67.7 Å². The van der Waals surface area contributed by atoms with Gasteiger partial charge in [0.15, 0.2) is 10.2 Å². The third-order valence-corrected chi connectivity index (χ3v) is 6.26. The summed E-state index contributed by atoms with van der Waals surface area (Å²) in [5.74, 6) is 0.337. The Morgan fingerprint density at radius 3 is 2.77 bits per heavy atom. The van der Waals surface area contributed by atoms with E-state index < -0.39 is 0 Å². The lowest BCUT2D eigenvalue weighted by molar-refractivity contribution is -0.143. The van der Waals surface area contributed by atoms with Gasteiger partial charge in [-0.3, -0.25) is 9.78 Å². The Kier molecular flexibility index (Phi) is 6.80. The SMILES string of the molecule is CCOC(=O)CN1C(=S)N[C@@H](c2ccccn2)[C@@H]1c1ccc(Sc2ccc(Cl)cc2)o1. The quantitative estimate of drug-likeness (QED) is 0.379. The molecule has 2 aromatic heterocycles. The number of carbonyl (C=O) groups excluding carboxylic acids is 1. The normalized spacial score (nSPS) is 18.1. The molecular weight excluding hydrogens is 454 g/mol. The number of carbonyl (C=O) groups is 1. The summed E-state index contributed by atoms with van der Waals surface area (Å²) < 4.78 is 11.3. The van der Waals surface area contributed by atoms with E-state index in [0.29, 0.717) is 22.5 Å². The first-order chi connectivity index (χ1) is 15.0. The predicted octanol–water partition coefficient (Wildman–Crippen LogP) is 5.01. The number of nitrogens with zero attached hydrogens (tertiary/aromatic N) is 2. The Balaban J connectivity index is 1.63. The van der Waals surface area contributed by atoms with Crippen LogP contribution in [-0.2, 0) is 9.53 Å². The first-order valence-corrected chi connectivity index (χ1v) is 11.3. The summed E-state index contributed by atoms with van der Waals surface area (Å²) >= 11 is 13.0. The second kappa shape index (κ2) is 9.72. The summed E-state index contributed by atoms with van der Waals surface area (Å²) in [6, 6.07) is 16.5. The first kappa shape index (κ1) is 21.7. The van der Waals surface area contributed by atoms with Crippen LogP contribution in [0, 0.1) is 0 Å². The van der Waals surface area contributed by atoms with Crippen LogP contribution in [0.15, 0.2) is 75.2 Å². The summed E-state index contributed by atoms with van der Waals surface area (Å²) in [5, 5.41) is 5.15. The molecule has 6 nitrogen and oxygen atoms in total. The molecule has 3 heterocycles. The third kappa shape index (κ3) is 5.03. The van der Waals surface area contributed by atoms with E-state index in [4.69, 9.17) is 33.0 Å². The van der Waals surface area contributed by atoms with E-state index in [2.05, 4.69) is 10.3 Å². The average Bonchev–Trinajstić information content (AvgIpc) is 3.35. The van der Waals surface area contributed by atoms with Gasteiger partial charge in [0.05, 0.1) is 18.3 Å². The fraction of sp³-hybridized carbons (Fsp3) is 0.227. The standard InChI is InChI=1S/C22H20ClN3O3S2/c1-2-28-18(27)13-26-21(20(25-22(26)30)16-5-3-4-12-24-16)17-10-11-19(29-17)31-15-8-6-14(23)7-9-15/h3-12,20-21H,2,13H2,1H3,(H,25,30)/t20-,21-/m0/s1. The Labute approximate surface area is 194 Å². The van der Waals surface area contributed by atoms with Crippen molar-refractivity contribution in [2.24, 2.45) is 0 Å². The van der Waals surface area contributed by atoms with E-state index in [9.17, 15) is 4.79 Å². The number of thiocarbonyl (C=S) groups is 1. The van der Waals surface area contributed by atoms with Crippen LogP contribution in [0.4, 0.5) is 0 Å². The highest BCUT2D eigenvalue weighted by Crippen LogP contribution is 2.41. The van der Waals surface area contributed by atoms with Crippen LogP contribution in [0.5, 0.6) is 0 Å². The Hall–Kier alpha value is -2.55. The second-order valence-electron chi connectivity index (χ2n) is 6.77. The van der Waals surface area contributed by atoms with Crippen molar-refractivity contribution in [3.8, 4) is 0 Å². The Morgan fingerprint density at radius 1 is 1.26 bits per heavy atom. The minimum Gasteiger partial charge on any atom is -0.465 e. The smallest absolute Gasteiger partial charge is 0.325 e. The number of hydrogen-bond acceptors (Lipinski definition) is 6. The Morgan fingerprint density at radius 2 is 2.06 bits per heavy atom. The molecule has 31 heavy (non-hydrogen) atoms. The lowest BCUT2D eigenvalue weighted by Crippen LogP contribution is -2.35. The van der Waals surface area contributed by atoms with E-state index in [-0.39, 0.29) is 24.6 Å². The molecule has 0 radical (unpaired) electrons. The predicted molar refractivity (Wildman–Crippen MR) is 123 cm³/mol. The molecule has 0 spiro atoms.